The Morgan fingerprint density at radius 1 is 1.47 bits per heavy atom. The van der Waals surface area contributed by atoms with E-state index in [2.05, 4.69) is 10.4 Å². The lowest BCUT2D eigenvalue weighted by molar-refractivity contribution is 0.328. The van der Waals surface area contributed by atoms with Crippen LogP contribution in [0.5, 0.6) is 0 Å². The Bertz CT molecular complexity index is 393. The van der Waals surface area contributed by atoms with Gasteiger partial charge in [0.05, 0.1) is 6.61 Å². The van der Waals surface area contributed by atoms with E-state index in [4.69, 9.17) is 10.6 Å². The number of benzene rings is 1. The fraction of sp³-hybridized carbons (Fsp3) is 0.111. The summed E-state index contributed by atoms with van der Waals surface area (Å²) in [6, 6.07) is 3.26. The van der Waals surface area contributed by atoms with Crippen LogP contribution in [-0.2, 0) is 0 Å². The molecule has 0 aliphatic rings. The zero-order chi connectivity index (χ0) is 11.3. The normalized spacial score (nSPS) is 11.3. The van der Waals surface area contributed by atoms with Gasteiger partial charge in [-0.3, -0.25) is 0 Å². The Labute approximate surface area is 84.7 Å². The summed E-state index contributed by atoms with van der Waals surface area (Å²) in [5.74, 6) is -1.90. The first-order valence-electron chi connectivity index (χ1n) is 4.06. The molecule has 1 rings (SSSR count). The lowest BCUT2D eigenvalue weighted by Gasteiger charge is -2.02. The van der Waals surface area contributed by atoms with E-state index in [9.17, 15) is 8.78 Å². The van der Waals surface area contributed by atoms with Crippen molar-refractivity contribution in [3.05, 3.63) is 41.7 Å². The number of halogens is 2. The molecule has 0 fully saturated rings. The molecule has 0 bridgehead atoms. The van der Waals surface area contributed by atoms with E-state index in [0.717, 1.165) is 12.1 Å². The molecule has 0 heterocycles. The third-order valence-electron chi connectivity index (χ3n) is 1.63. The van der Waals surface area contributed by atoms with E-state index in [1.165, 1.54) is 12.3 Å². The molecule has 0 aromatic heterocycles. The third kappa shape index (κ3) is 3.10. The summed E-state index contributed by atoms with van der Waals surface area (Å²) in [7, 11) is 0. The number of hydrogen-bond acceptors (Lipinski definition) is 4. The van der Waals surface area contributed by atoms with Gasteiger partial charge in [0.15, 0.2) is 11.6 Å². The highest BCUT2D eigenvalue weighted by Crippen LogP contribution is 2.13. The van der Waals surface area contributed by atoms with Crippen LogP contribution >= 0.6 is 0 Å². The molecule has 0 spiro atoms. The molecule has 0 radical (unpaired) electrons. The molecule has 1 aromatic carbocycles. The first kappa shape index (κ1) is 11.3. The molecule has 0 unspecified atom stereocenters. The van der Waals surface area contributed by atoms with Gasteiger partial charge in [-0.15, -0.1) is 0 Å². The van der Waals surface area contributed by atoms with Gasteiger partial charge in [-0.1, -0.05) is 0 Å². The number of aliphatic hydroxyl groups excluding tert-OH is 1. The second-order valence-electron chi connectivity index (χ2n) is 2.68. The molecule has 0 aliphatic heterocycles. The minimum Gasteiger partial charge on any atom is -0.390 e. The fourth-order valence-electron chi connectivity index (χ4n) is 0.866. The first-order valence-corrected chi connectivity index (χ1v) is 4.06. The Kier molecular flexibility index (Phi) is 3.87. The lowest BCUT2D eigenvalue weighted by Crippen LogP contribution is -1.95. The largest absolute Gasteiger partial charge is 0.390 e. The Hall–Kier alpha value is -1.82. The maximum absolute atomic E-state index is 12.7. The van der Waals surface area contributed by atoms with E-state index < -0.39 is 18.2 Å². The van der Waals surface area contributed by atoms with Crippen LogP contribution in [0.3, 0.4) is 0 Å². The average molecular weight is 213 g/mol. The Morgan fingerprint density at radius 2 is 2.20 bits per heavy atom. The average Bonchev–Trinajstić information content (AvgIpc) is 2.24. The van der Waals surface area contributed by atoms with E-state index in [0.29, 0.717) is 5.69 Å². The highest BCUT2D eigenvalue weighted by Gasteiger charge is 2.01. The summed E-state index contributed by atoms with van der Waals surface area (Å²) >= 11 is 0. The summed E-state index contributed by atoms with van der Waals surface area (Å²) in [4.78, 5) is 0. The number of anilines is 1. The second-order valence-corrected chi connectivity index (χ2v) is 2.68. The minimum absolute atomic E-state index is 0.0831. The maximum atomic E-state index is 12.7. The van der Waals surface area contributed by atoms with Crippen molar-refractivity contribution in [3.63, 3.8) is 0 Å². The maximum Gasteiger partial charge on any atom is 0.160 e. The molecule has 0 aliphatic carbocycles. The summed E-state index contributed by atoms with van der Waals surface area (Å²) in [5.41, 5.74) is 7.02. The van der Waals surface area contributed by atoms with Gasteiger partial charge >= 0.3 is 0 Å². The van der Waals surface area contributed by atoms with E-state index in [1.54, 1.807) is 0 Å². The molecule has 3 N–H and O–H groups in total. The quantitative estimate of drug-likeness (QED) is 0.671. The van der Waals surface area contributed by atoms with Gasteiger partial charge in [0, 0.05) is 18.0 Å². The molecular formula is C9H9F2N3O. The van der Waals surface area contributed by atoms with E-state index in [1.807, 2.05) is 0 Å². The first-order chi connectivity index (χ1) is 7.17. The van der Waals surface area contributed by atoms with Crippen molar-refractivity contribution >= 4 is 5.69 Å². The number of nitrogens with one attached hydrogen (secondary N) is 2. The molecule has 6 heteroatoms. The minimum atomic E-state index is -0.971. The van der Waals surface area contributed by atoms with E-state index >= 15 is 0 Å². The topological polar surface area (TPSA) is 68.5 Å². The van der Waals surface area contributed by atoms with Gasteiger partial charge in [-0.25, -0.2) is 14.3 Å². The Balaban J connectivity index is 2.77. The molecule has 15 heavy (non-hydrogen) atoms. The van der Waals surface area contributed by atoms with Crippen molar-refractivity contribution in [2.24, 2.45) is 5.11 Å². The van der Waals surface area contributed by atoms with Crippen molar-refractivity contribution in [2.45, 2.75) is 0 Å². The van der Waals surface area contributed by atoms with Crippen LogP contribution in [-0.4, -0.2) is 11.7 Å². The molecule has 0 amide bonds. The number of nitrogens with zero attached hydrogens (tertiary/aromatic N) is 1. The summed E-state index contributed by atoms with van der Waals surface area (Å²) in [6.07, 6.45) is 1.24. The zero-order valence-electron chi connectivity index (χ0n) is 7.67. The second kappa shape index (κ2) is 5.16. The van der Waals surface area contributed by atoms with Crippen LogP contribution in [0.25, 0.3) is 0 Å². The van der Waals surface area contributed by atoms with Crippen molar-refractivity contribution in [1.82, 2.24) is 0 Å². The van der Waals surface area contributed by atoms with Crippen molar-refractivity contribution in [3.8, 4) is 0 Å². The summed E-state index contributed by atoms with van der Waals surface area (Å²) in [5, 5.41) is 14.2. The molecule has 80 valence electrons. The highest BCUT2D eigenvalue weighted by molar-refractivity contribution is 5.46. The third-order valence-corrected chi connectivity index (χ3v) is 1.63. The van der Waals surface area contributed by atoms with Crippen molar-refractivity contribution in [1.29, 1.82) is 5.53 Å². The molecule has 0 atom stereocenters. The highest BCUT2D eigenvalue weighted by atomic mass is 19.2. The number of hydrogen-bond donors (Lipinski definition) is 3. The zero-order valence-corrected chi connectivity index (χ0v) is 7.67. The van der Waals surface area contributed by atoms with Crippen LogP contribution in [0.15, 0.2) is 35.2 Å². The molecular weight excluding hydrogens is 204 g/mol. The van der Waals surface area contributed by atoms with Gasteiger partial charge < -0.3 is 10.4 Å². The van der Waals surface area contributed by atoms with Gasteiger partial charge in [0.1, 0.15) is 5.70 Å². The lowest BCUT2D eigenvalue weighted by atomic mass is 10.3. The molecule has 0 saturated heterocycles. The van der Waals surface area contributed by atoms with Crippen LogP contribution in [0.1, 0.15) is 0 Å². The smallest absolute Gasteiger partial charge is 0.160 e. The monoisotopic (exact) mass is 213 g/mol. The predicted octanol–water partition coefficient (Wildman–Crippen LogP) is 2.24. The van der Waals surface area contributed by atoms with Crippen LogP contribution in [0.4, 0.5) is 14.5 Å². The van der Waals surface area contributed by atoms with Gasteiger partial charge in [-0.05, 0) is 12.1 Å². The molecule has 1 aromatic rings. The van der Waals surface area contributed by atoms with E-state index in [-0.39, 0.29) is 5.70 Å². The standard InChI is InChI=1S/C9H9F2N3O/c10-8-2-1-6(3-9(8)11)13-4-7(5-15)14-12/h1-4,12-13,15H,5H2/b7-4-,14-12?. The predicted molar refractivity (Wildman–Crippen MR) is 50.3 cm³/mol. The van der Waals surface area contributed by atoms with Gasteiger partial charge in [0.2, 0.25) is 0 Å². The van der Waals surface area contributed by atoms with Crippen LogP contribution in [0, 0.1) is 17.2 Å². The van der Waals surface area contributed by atoms with Crippen LogP contribution in [0.2, 0.25) is 0 Å². The number of rotatable bonds is 4. The molecule has 0 saturated carbocycles. The van der Waals surface area contributed by atoms with Gasteiger partial charge in [-0.2, -0.15) is 5.11 Å². The summed E-state index contributed by atoms with van der Waals surface area (Å²) < 4.78 is 25.2. The summed E-state index contributed by atoms with van der Waals surface area (Å²) in [6.45, 7) is -0.403. The van der Waals surface area contributed by atoms with Crippen molar-refractivity contribution in [2.75, 3.05) is 11.9 Å². The fourth-order valence-corrected chi connectivity index (χ4v) is 0.866. The molecule has 4 nitrogen and oxygen atoms in total. The SMILES string of the molecule is N=N/C(=C\Nc1ccc(F)c(F)c1)CO. The Morgan fingerprint density at radius 3 is 2.73 bits per heavy atom. The number of aliphatic hydroxyl groups is 1. The van der Waals surface area contributed by atoms with Gasteiger partial charge in [0.25, 0.3) is 0 Å². The van der Waals surface area contributed by atoms with Crippen molar-refractivity contribution < 1.29 is 13.9 Å². The van der Waals surface area contributed by atoms with Crippen LogP contribution < -0.4 is 5.32 Å².